The van der Waals surface area contributed by atoms with Crippen molar-refractivity contribution in [3.63, 3.8) is 0 Å². The molecule has 1 heterocycles. The molecule has 2 aromatic carbocycles. The van der Waals surface area contributed by atoms with Crippen LogP contribution in [0.5, 0.6) is 5.75 Å². The second kappa shape index (κ2) is 10.1. The van der Waals surface area contributed by atoms with E-state index >= 15 is 0 Å². The van der Waals surface area contributed by atoms with Crippen LogP contribution in [0.25, 0.3) is 0 Å². The average Bonchev–Trinajstić information content (AvgIpc) is 2.73. The molecule has 1 atom stereocenters. The first-order valence-corrected chi connectivity index (χ1v) is 9.10. The Labute approximate surface area is 171 Å². The van der Waals surface area contributed by atoms with Crippen LogP contribution in [0.4, 0.5) is 0 Å². The summed E-state index contributed by atoms with van der Waals surface area (Å²) in [7, 11) is 1.58. The molecular weight excluding hydrogens is 378 g/mol. The molecule has 28 heavy (non-hydrogen) atoms. The summed E-state index contributed by atoms with van der Waals surface area (Å²) >= 11 is 0. The van der Waals surface area contributed by atoms with Gasteiger partial charge in [0, 0.05) is 31.7 Å². The van der Waals surface area contributed by atoms with E-state index in [2.05, 4.69) is 0 Å². The quantitative estimate of drug-likeness (QED) is 0.828. The second-order valence-electron chi connectivity index (χ2n) is 6.65. The van der Waals surface area contributed by atoms with Crippen molar-refractivity contribution in [2.24, 2.45) is 5.73 Å². The number of nitrogens with zero attached hydrogens (tertiary/aromatic N) is 2. The summed E-state index contributed by atoms with van der Waals surface area (Å²) in [6, 6.07) is 16.3. The molecule has 2 aromatic rings. The van der Waals surface area contributed by atoms with Gasteiger partial charge in [-0.25, -0.2) is 0 Å². The number of carbonyl (C=O) groups excluding carboxylic acids is 2. The predicted molar refractivity (Wildman–Crippen MR) is 111 cm³/mol. The van der Waals surface area contributed by atoms with E-state index in [1.54, 1.807) is 35.1 Å². The molecule has 0 spiro atoms. The third-order valence-electron chi connectivity index (χ3n) is 4.81. The number of carbonyl (C=O) groups is 2. The van der Waals surface area contributed by atoms with Gasteiger partial charge in [-0.2, -0.15) is 0 Å². The fourth-order valence-electron chi connectivity index (χ4n) is 3.26. The minimum Gasteiger partial charge on any atom is -0.497 e. The molecule has 1 aliphatic rings. The van der Waals surface area contributed by atoms with Crippen LogP contribution in [0.2, 0.25) is 0 Å². The van der Waals surface area contributed by atoms with E-state index in [0.29, 0.717) is 43.9 Å². The number of ether oxygens (including phenoxy) is 1. The molecule has 7 heteroatoms. The number of nitrogens with two attached hydrogens (primary N) is 1. The molecule has 2 amide bonds. The maximum absolute atomic E-state index is 12.7. The minimum atomic E-state index is -0.562. The number of rotatable bonds is 5. The van der Waals surface area contributed by atoms with Crippen LogP contribution in [-0.2, 0) is 11.2 Å². The van der Waals surface area contributed by atoms with Gasteiger partial charge in [-0.1, -0.05) is 36.4 Å². The molecule has 2 N–H and O–H groups in total. The van der Waals surface area contributed by atoms with E-state index in [-0.39, 0.29) is 24.2 Å². The molecule has 1 saturated heterocycles. The van der Waals surface area contributed by atoms with E-state index in [1.165, 1.54) is 0 Å². The minimum absolute atomic E-state index is 0. The highest BCUT2D eigenvalue weighted by Gasteiger charge is 2.27. The lowest BCUT2D eigenvalue weighted by Crippen LogP contribution is -2.54. The largest absolute Gasteiger partial charge is 0.497 e. The fourth-order valence-corrected chi connectivity index (χ4v) is 3.26. The Morgan fingerprint density at radius 3 is 2.29 bits per heavy atom. The Bertz CT molecular complexity index is 792. The van der Waals surface area contributed by atoms with Gasteiger partial charge in [-0.15, -0.1) is 12.4 Å². The van der Waals surface area contributed by atoms with E-state index in [1.807, 2.05) is 36.4 Å². The van der Waals surface area contributed by atoms with Gasteiger partial charge in [0.05, 0.1) is 13.2 Å². The number of halogens is 1. The van der Waals surface area contributed by atoms with Crippen molar-refractivity contribution >= 4 is 24.2 Å². The van der Waals surface area contributed by atoms with Gasteiger partial charge >= 0.3 is 0 Å². The zero-order valence-corrected chi connectivity index (χ0v) is 16.7. The third kappa shape index (κ3) is 5.24. The molecule has 0 bridgehead atoms. The maximum atomic E-state index is 12.7. The SMILES string of the molecule is COc1cccc(C(=O)N2CCN(C(=O)C(N)Cc3ccccc3)CC2)c1.Cl. The standard InChI is InChI=1S/C21H25N3O3.ClH/c1-27-18-9-5-8-17(15-18)20(25)23-10-12-24(13-11-23)21(26)19(22)14-16-6-3-2-4-7-16;/h2-9,15,19H,10-14,22H2,1H3;1H. The van der Waals surface area contributed by atoms with Crippen LogP contribution in [0.1, 0.15) is 15.9 Å². The van der Waals surface area contributed by atoms with Gasteiger partial charge in [-0.05, 0) is 30.2 Å². The maximum Gasteiger partial charge on any atom is 0.254 e. The number of amides is 2. The molecule has 0 aromatic heterocycles. The normalized spacial score (nSPS) is 14.8. The van der Waals surface area contributed by atoms with Crippen LogP contribution < -0.4 is 10.5 Å². The second-order valence-corrected chi connectivity index (χ2v) is 6.65. The summed E-state index contributed by atoms with van der Waals surface area (Å²) in [6.45, 7) is 1.99. The molecule has 1 aliphatic heterocycles. The first kappa shape index (κ1) is 21.7. The van der Waals surface area contributed by atoms with Gasteiger partial charge < -0.3 is 20.3 Å². The summed E-state index contributed by atoms with van der Waals surface area (Å²) in [5.41, 5.74) is 7.75. The summed E-state index contributed by atoms with van der Waals surface area (Å²) in [5.74, 6) is 0.545. The zero-order chi connectivity index (χ0) is 19.2. The van der Waals surface area contributed by atoms with Crippen molar-refractivity contribution in [2.75, 3.05) is 33.3 Å². The lowest BCUT2D eigenvalue weighted by Gasteiger charge is -2.36. The van der Waals surface area contributed by atoms with Gasteiger partial charge in [0.15, 0.2) is 0 Å². The van der Waals surface area contributed by atoms with Crippen molar-refractivity contribution in [3.8, 4) is 5.75 Å². The monoisotopic (exact) mass is 403 g/mol. The van der Waals surface area contributed by atoms with Crippen molar-refractivity contribution < 1.29 is 14.3 Å². The van der Waals surface area contributed by atoms with Gasteiger partial charge in [-0.3, -0.25) is 9.59 Å². The van der Waals surface area contributed by atoms with Crippen LogP contribution in [0.3, 0.4) is 0 Å². The van der Waals surface area contributed by atoms with Crippen LogP contribution in [0, 0.1) is 0 Å². The topological polar surface area (TPSA) is 75.9 Å². The summed E-state index contributed by atoms with van der Waals surface area (Å²) in [5, 5.41) is 0. The first-order chi connectivity index (χ1) is 13.1. The van der Waals surface area contributed by atoms with Crippen LogP contribution in [0.15, 0.2) is 54.6 Å². The Morgan fingerprint density at radius 1 is 1.00 bits per heavy atom. The highest BCUT2D eigenvalue weighted by molar-refractivity contribution is 5.94. The molecule has 0 saturated carbocycles. The number of piperazine rings is 1. The number of hydrogen-bond donors (Lipinski definition) is 1. The van der Waals surface area contributed by atoms with Crippen LogP contribution >= 0.6 is 12.4 Å². The molecule has 1 fully saturated rings. The first-order valence-electron chi connectivity index (χ1n) is 9.10. The summed E-state index contributed by atoms with van der Waals surface area (Å²) in [6.07, 6.45) is 0.516. The molecule has 6 nitrogen and oxygen atoms in total. The lowest BCUT2D eigenvalue weighted by molar-refractivity contribution is -0.134. The van der Waals surface area contributed by atoms with Gasteiger partial charge in [0.25, 0.3) is 5.91 Å². The fraction of sp³-hybridized carbons (Fsp3) is 0.333. The molecule has 150 valence electrons. The summed E-state index contributed by atoms with van der Waals surface area (Å²) < 4.78 is 5.18. The predicted octanol–water partition coefficient (Wildman–Crippen LogP) is 1.97. The molecular formula is C21H26ClN3O3. The number of benzene rings is 2. The van der Waals surface area contributed by atoms with E-state index in [4.69, 9.17) is 10.5 Å². The van der Waals surface area contributed by atoms with E-state index < -0.39 is 6.04 Å². The smallest absolute Gasteiger partial charge is 0.254 e. The van der Waals surface area contributed by atoms with E-state index in [0.717, 1.165) is 5.56 Å². The zero-order valence-electron chi connectivity index (χ0n) is 15.9. The van der Waals surface area contributed by atoms with Gasteiger partial charge in [0.2, 0.25) is 5.91 Å². The Kier molecular flexibility index (Phi) is 7.84. The van der Waals surface area contributed by atoms with Crippen molar-refractivity contribution in [2.45, 2.75) is 12.5 Å². The molecule has 0 radical (unpaired) electrons. The number of methoxy groups -OCH3 is 1. The van der Waals surface area contributed by atoms with Crippen molar-refractivity contribution in [1.82, 2.24) is 9.80 Å². The van der Waals surface area contributed by atoms with E-state index in [9.17, 15) is 9.59 Å². The molecule has 1 unspecified atom stereocenters. The van der Waals surface area contributed by atoms with Crippen molar-refractivity contribution in [1.29, 1.82) is 0 Å². The lowest BCUT2D eigenvalue weighted by atomic mass is 10.1. The van der Waals surface area contributed by atoms with Crippen LogP contribution in [-0.4, -0.2) is 60.9 Å². The molecule has 0 aliphatic carbocycles. The molecule has 3 rings (SSSR count). The highest BCUT2D eigenvalue weighted by atomic mass is 35.5. The van der Waals surface area contributed by atoms with Crippen molar-refractivity contribution in [3.05, 3.63) is 65.7 Å². The van der Waals surface area contributed by atoms with Gasteiger partial charge in [0.1, 0.15) is 5.75 Å². The summed E-state index contributed by atoms with van der Waals surface area (Å²) in [4.78, 5) is 28.8. The highest BCUT2D eigenvalue weighted by Crippen LogP contribution is 2.16. The number of hydrogen-bond acceptors (Lipinski definition) is 4. The Hall–Kier alpha value is -2.57. The third-order valence-corrected chi connectivity index (χ3v) is 4.81. The Morgan fingerprint density at radius 2 is 1.64 bits per heavy atom. The average molecular weight is 404 g/mol. The Balaban J connectivity index is 0.00000280.